The zero-order valence-electron chi connectivity index (χ0n) is 12.3. The quantitative estimate of drug-likeness (QED) is 0.569. The standard InChI is InChI=1S/C16H25O3P/c1-20(17,15-9-3-2-4-10-15)14-8-7-13-19-16-11-5-6-12-18-16/h2-4,9-10,16H,5-8,11-14H2,1H3. The summed E-state index contributed by atoms with van der Waals surface area (Å²) < 4.78 is 23.8. The fraction of sp³-hybridized carbons (Fsp3) is 0.625. The highest BCUT2D eigenvalue weighted by Gasteiger charge is 2.17. The lowest BCUT2D eigenvalue weighted by Gasteiger charge is -2.22. The summed E-state index contributed by atoms with van der Waals surface area (Å²) in [7, 11) is -2.20. The van der Waals surface area contributed by atoms with E-state index < -0.39 is 7.14 Å². The van der Waals surface area contributed by atoms with Crippen molar-refractivity contribution in [2.75, 3.05) is 26.0 Å². The average molecular weight is 296 g/mol. The smallest absolute Gasteiger partial charge is 0.157 e. The van der Waals surface area contributed by atoms with Gasteiger partial charge in [-0.15, -0.1) is 0 Å². The molecular weight excluding hydrogens is 271 g/mol. The second kappa shape index (κ2) is 7.97. The van der Waals surface area contributed by atoms with Crippen LogP contribution in [0.15, 0.2) is 30.3 Å². The summed E-state index contributed by atoms with van der Waals surface area (Å²) in [6.45, 7) is 3.41. The van der Waals surface area contributed by atoms with Gasteiger partial charge in [0.25, 0.3) is 0 Å². The number of unbranched alkanes of at least 4 members (excludes halogenated alkanes) is 1. The molecule has 2 unspecified atom stereocenters. The molecule has 4 heteroatoms. The molecule has 0 aliphatic carbocycles. The second-order valence-corrected chi connectivity index (χ2v) is 8.70. The van der Waals surface area contributed by atoms with Gasteiger partial charge in [-0.25, -0.2) is 0 Å². The van der Waals surface area contributed by atoms with Gasteiger partial charge in [-0.2, -0.15) is 0 Å². The second-order valence-electron chi connectivity index (χ2n) is 5.53. The first-order valence-corrected chi connectivity index (χ1v) is 9.88. The van der Waals surface area contributed by atoms with Crippen molar-refractivity contribution in [1.82, 2.24) is 0 Å². The molecule has 2 rings (SSSR count). The number of ether oxygens (including phenoxy) is 2. The highest BCUT2D eigenvalue weighted by atomic mass is 31.2. The van der Waals surface area contributed by atoms with Gasteiger partial charge in [0.15, 0.2) is 6.29 Å². The predicted octanol–water partition coefficient (Wildman–Crippen LogP) is 3.63. The van der Waals surface area contributed by atoms with Crippen molar-refractivity contribution in [3.8, 4) is 0 Å². The Morgan fingerprint density at radius 2 is 2.05 bits per heavy atom. The largest absolute Gasteiger partial charge is 0.353 e. The highest BCUT2D eigenvalue weighted by molar-refractivity contribution is 7.70. The fourth-order valence-electron chi connectivity index (χ4n) is 2.45. The number of hydrogen-bond acceptors (Lipinski definition) is 3. The van der Waals surface area contributed by atoms with Crippen molar-refractivity contribution in [2.45, 2.75) is 38.4 Å². The van der Waals surface area contributed by atoms with Gasteiger partial charge in [-0.05, 0) is 38.8 Å². The van der Waals surface area contributed by atoms with Crippen LogP contribution >= 0.6 is 7.14 Å². The van der Waals surface area contributed by atoms with Gasteiger partial charge < -0.3 is 14.0 Å². The molecule has 1 aliphatic heterocycles. The first-order chi connectivity index (χ1) is 9.68. The maximum absolute atomic E-state index is 12.6. The van der Waals surface area contributed by atoms with E-state index in [0.29, 0.717) is 6.61 Å². The van der Waals surface area contributed by atoms with Crippen LogP contribution in [0.5, 0.6) is 0 Å². The number of rotatable bonds is 7. The van der Waals surface area contributed by atoms with Crippen molar-refractivity contribution in [2.24, 2.45) is 0 Å². The van der Waals surface area contributed by atoms with E-state index in [4.69, 9.17) is 9.47 Å². The van der Waals surface area contributed by atoms with E-state index in [1.807, 2.05) is 37.0 Å². The minimum Gasteiger partial charge on any atom is -0.353 e. The zero-order chi connectivity index (χ0) is 14.3. The Kier molecular flexibility index (Phi) is 6.28. The van der Waals surface area contributed by atoms with Crippen molar-refractivity contribution in [1.29, 1.82) is 0 Å². The minimum atomic E-state index is -2.20. The summed E-state index contributed by atoms with van der Waals surface area (Å²) in [6.07, 6.45) is 5.99. The average Bonchev–Trinajstić information content (AvgIpc) is 2.49. The van der Waals surface area contributed by atoms with Crippen LogP contribution in [0.25, 0.3) is 0 Å². The van der Waals surface area contributed by atoms with Crippen molar-refractivity contribution in [3.05, 3.63) is 30.3 Å². The first kappa shape index (κ1) is 15.8. The molecule has 0 aromatic heterocycles. The molecule has 1 aromatic carbocycles. The van der Waals surface area contributed by atoms with Gasteiger partial charge in [-0.3, -0.25) is 0 Å². The molecule has 0 spiro atoms. The predicted molar refractivity (Wildman–Crippen MR) is 83.3 cm³/mol. The van der Waals surface area contributed by atoms with Gasteiger partial charge in [0.05, 0.1) is 0 Å². The lowest BCUT2D eigenvalue weighted by atomic mass is 10.2. The Balaban J connectivity index is 1.64. The van der Waals surface area contributed by atoms with Gasteiger partial charge >= 0.3 is 0 Å². The van der Waals surface area contributed by atoms with E-state index in [0.717, 1.165) is 43.8 Å². The fourth-order valence-corrected chi connectivity index (χ4v) is 4.33. The van der Waals surface area contributed by atoms with Crippen LogP contribution in [0.3, 0.4) is 0 Å². The van der Waals surface area contributed by atoms with Crippen LogP contribution in [0.1, 0.15) is 32.1 Å². The molecule has 0 bridgehead atoms. The molecule has 1 saturated heterocycles. The lowest BCUT2D eigenvalue weighted by Crippen LogP contribution is -2.22. The number of benzene rings is 1. The molecule has 0 saturated carbocycles. The topological polar surface area (TPSA) is 35.5 Å². The molecule has 20 heavy (non-hydrogen) atoms. The number of hydrogen-bond donors (Lipinski definition) is 0. The monoisotopic (exact) mass is 296 g/mol. The molecule has 0 amide bonds. The summed E-state index contributed by atoms with van der Waals surface area (Å²) in [4.78, 5) is 0. The van der Waals surface area contributed by atoms with Crippen LogP contribution in [-0.2, 0) is 14.0 Å². The van der Waals surface area contributed by atoms with Gasteiger partial charge in [-0.1, -0.05) is 30.3 Å². The van der Waals surface area contributed by atoms with Crippen LogP contribution in [-0.4, -0.2) is 32.3 Å². The Morgan fingerprint density at radius 1 is 1.25 bits per heavy atom. The van der Waals surface area contributed by atoms with E-state index in [9.17, 15) is 4.57 Å². The summed E-state index contributed by atoms with van der Waals surface area (Å²) in [5, 5.41) is 0.983. The van der Waals surface area contributed by atoms with Crippen molar-refractivity contribution in [3.63, 3.8) is 0 Å². The van der Waals surface area contributed by atoms with Crippen molar-refractivity contribution < 1.29 is 14.0 Å². The van der Waals surface area contributed by atoms with E-state index in [-0.39, 0.29) is 6.29 Å². The maximum Gasteiger partial charge on any atom is 0.157 e. The third-order valence-electron chi connectivity index (χ3n) is 3.72. The van der Waals surface area contributed by atoms with Crippen molar-refractivity contribution >= 4 is 12.4 Å². The Morgan fingerprint density at radius 3 is 2.75 bits per heavy atom. The minimum absolute atomic E-state index is 0.00805. The lowest BCUT2D eigenvalue weighted by molar-refractivity contribution is -0.162. The third kappa shape index (κ3) is 5.05. The van der Waals surface area contributed by atoms with Crippen LogP contribution < -0.4 is 5.30 Å². The third-order valence-corrected chi connectivity index (χ3v) is 6.28. The summed E-state index contributed by atoms with van der Waals surface area (Å²) in [5.41, 5.74) is 0. The van der Waals surface area contributed by atoms with Crippen LogP contribution in [0.2, 0.25) is 0 Å². The molecule has 1 aliphatic rings. The molecule has 112 valence electrons. The molecular formula is C16H25O3P. The summed E-state index contributed by atoms with van der Waals surface area (Å²) in [5.74, 6) is 0. The van der Waals surface area contributed by atoms with Gasteiger partial charge in [0.1, 0.15) is 7.14 Å². The molecule has 1 aromatic rings. The van der Waals surface area contributed by atoms with Crippen LogP contribution in [0, 0.1) is 0 Å². The molecule has 1 heterocycles. The normalized spacial score (nSPS) is 22.4. The molecule has 0 radical (unpaired) electrons. The van der Waals surface area contributed by atoms with Gasteiger partial charge in [0.2, 0.25) is 0 Å². The Hall–Kier alpha value is -0.630. The SMILES string of the molecule is CP(=O)(CCCCOC1CCCCO1)c1ccccc1. The summed E-state index contributed by atoms with van der Waals surface area (Å²) >= 11 is 0. The Labute approximate surface area is 122 Å². The highest BCUT2D eigenvalue weighted by Crippen LogP contribution is 2.40. The molecule has 1 fully saturated rings. The van der Waals surface area contributed by atoms with E-state index in [1.54, 1.807) is 0 Å². The maximum atomic E-state index is 12.6. The summed E-state index contributed by atoms with van der Waals surface area (Å²) in [6, 6.07) is 9.80. The van der Waals surface area contributed by atoms with E-state index in [1.165, 1.54) is 6.42 Å². The van der Waals surface area contributed by atoms with E-state index in [2.05, 4.69) is 0 Å². The first-order valence-electron chi connectivity index (χ1n) is 7.54. The molecule has 3 nitrogen and oxygen atoms in total. The molecule has 2 atom stereocenters. The van der Waals surface area contributed by atoms with Crippen LogP contribution in [0.4, 0.5) is 0 Å². The van der Waals surface area contributed by atoms with Gasteiger partial charge in [0, 0.05) is 24.7 Å². The Bertz CT molecular complexity index is 427. The molecule has 0 N–H and O–H groups in total. The zero-order valence-corrected chi connectivity index (χ0v) is 13.2. The van der Waals surface area contributed by atoms with E-state index >= 15 is 0 Å².